The summed E-state index contributed by atoms with van der Waals surface area (Å²) in [5, 5.41) is 0. The van der Waals surface area contributed by atoms with Crippen LogP contribution in [0.2, 0.25) is 0 Å². The van der Waals surface area contributed by atoms with Gasteiger partial charge in [0.05, 0.1) is 6.04 Å². The Balaban J connectivity index is 1.81. The largest absolute Gasteiger partial charge is 0.347 e. The van der Waals surface area contributed by atoms with Gasteiger partial charge in [0.15, 0.2) is 0 Å². The summed E-state index contributed by atoms with van der Waals surface area (Å²) in [6.45, 7) is 1.85. The molecule has 1 aliphatic carbocycles. The standard InChI is InChI=1S/C14H19N3O2/c1-10(13-15-6-7-16-13)17-11(18)8-14(9-12(17)19)4-2-3-5-14/h6-7,10H,2-5,8-9H2,1H3,(H,15,16). The zero-order valence-electron chi connectivity index (χ0n) is 11.2. The van der Waals surface area contributed by atoms with Crippen molar-refractivity contribution < 1.29 is 9.59 Å². The molecular weight excluding hydrogens is 242 g/mol. The lowest BCUT2D eigenvalue weighted by atomic mass is 9.76. The van der Waals surface area contributed by atoms with E-state index >= 15 is 0 Å². The number of hydrogen-bond acceptors (Lipinski definition) is 3. The Bertz CT molecular complexity index is 469. The molecule has 1 atom stereocenters. The van der Waals surface area contributed by atoms with Crippen LogP contribution in [-0.2, 0) is 9.59 Å². The van der Waals surface area contributed by atoms with Gasteiger partial charge in [-0.05, 0) is 25.2 Å². The average molecular weight is 261 g/mol. The molecule has 19 heavy (non-hydrogen) atoms. The van der Waals surface area contributed by atoms with E-state index in [2.05, 4.69) is 9.97 Å². The van der Waals surface area contributed by atoms with Crippen LogP contribution in [0.1, 0.15) is 57.3 Å². The van der Waals surface area contributed by atoms with E-state index in [-0.39, 0.29) is 23.3 Å². The van der Waals surface area contributed by atoms with Crippen LogP contribution in [0.15, 0.2) is 12.4 Å². The number of nitrogens with zero attached hydrogens (tertiary/aromatic N) is 2. The van der Waals surface area contributed by atoms with Crippen molar-refractivity contribution in [2.24, 2.45) is 5.41 Å². The van der Waals surface area contributed by atoms with Gasteiger partial charge in [-0.25, -0.2) is 4.98 Å². The number of aromatic amines is 1. The predicted molar refractivity (Wildman–Crippen MR) is 69.0 cm³/mol. The number of imide groups is 1. The molecule has 2 fully saturated rings. The van der Waals surface area contributed by atoms with Crippen molar-refractivity contribution in [3.05, 3.63) is 18.2 Å². The van der Waals surface area contributed by atoms with E-state index in [1.165, 1.54) is 4.90 Å². The first kappa shape index (κ1) is 12.4. The van der Waals surface area contributed by atoms with Crippen LogP contribution < -0.4 is 0 Å². The minimum atomic E-state index is -0.297. The topological polar surface area (TPSA) is 66.1 Å². The summed E-state index contributed by atoms with van der Waals surface area (Å²) >= 11 is 0. The maximum absolute atomic E-state index is 12.4. The molecule has 0 aromatic carbocycles. The fraction of sp³-hybridized carbons (Fsp3) is 0.643. The minimum Gasteiger partial charge on any atom is -0.347 e. The molecule has 1 saturated carbocycles. The summed E-state index contributed by atoms with van der Waals surface area (Å²) < 4.78 is 0. The number of piperidine rings is 1. The Morgan fingerprint density at radius 1 is 1.26 bits per heavy atom. The van der Waals surface area contributed by atoms with Gasteiger partial charge in [-0.2, -0.15) is 0 Å². The van der Waals surface area contributed by atoms with Crippen LogP contribution in [0, 0.1) is 5.41 Å². The third-order valence-electron chi connectivity index (χ3n) is 4.56. The lowest BCUT2D eigenvalue weighted by molar-refractivity contribution is -0.156. The van der Waals surface area contributed by atoms with Crippen LogP contribution in [-0.4, -0.2) is 26.7 Å². The van der Waals surface area contributed by atoms with Gasteiger partial charge < -0.3 is 4.98 Å². The van der Waals surface area contributed by atoms with Crippen LogP contribution >= 0.6 is 0 Å². The Morgan fingerprint density at radius 3 is 2.42 bits per heavy atom. The summed E-state index contributed by atoms with van der Waals surface area (Å²) in [5.41, 5.74) is -0.0342. The second-order valence-corrected chi connectivity index (χ2v) is 5.87. The molecule has 1 saturated heterocycles. The third kappa shape index (κ3) is 2.07. The normalized spacial score (nSPS) is 24.2. The number of rotatable bonds is 2. The van der Waals surface area contributed by atoms with Gasteiger partial charge in [0.1, 0.15) is 5.82 Å². The quantitative estimate of drug-likeness (QED) is 0.830. The zero-order valence-corrected chi connectivity index (χ0v) is 11.2. The van der Waals surface area contributed by atoms with Crippen LogP contribution in [0.3, 0.4) is 0 Å². The molecule has 3 rings (SSSR count). The molecule has 1 aromatic rings. The Hall–Kier alpha value is -1.65. The number of likely N-dealkylation sites (tertiary alicyclic amines) is 1. The Kier molecular flexibility index (Phi) is 2.92. The van der Waals surface area contributed by atoms with E-state index in [0.29, 0.717) is 18.7 Å². The van der Waals surface area contributed by atoms with E-state index in [1.807, 2.05) is 6.92 Å². The summed E-state index contributed by atoms with van der Waals surface area (Å²) in [4.78, 5) is 33.2. The van der Waals surface area contributed by atoms with Gasteiger partial charge in [0.2, 0.25) is 11.8 Å². The lowest BCUT2D eigenvalue weighted by Gasteiger charge is -2.39. The van der Waals surface area contributed by atoms with Crippen LogP contribution in [0.25, 0.3) is 0 Å². The Morgan fingerprint density at radius 2 is 1.89 bits per heavy atom. The summed E-state index contributed by atoms with van der Waals surface area (Å²) in [5.74, 6) is 0.591. The average Bonchev–Trinajstić information content (AvgIpc) is 2.99. The van der Waals surface area contributed by atoms with E-state index < -0.39 is 0 Å². The van der Waals surface area contributed by atoms with E-state index in [0.717, 1.165) is 25.7 Å². The first-order chi connectivity index (χ1) is 9.11. The third-order valence-corrected chi connectivity index (χ3v) is 4.56. The monoisotopic (exact) mass is 261 g/mol. The van der Waals surface area contributed by atoms with Crippen molar-refractivity contribution in [3.8, 4) is 0 Å². The molecule has 2 amide bonds. The van der Waals surface area contributed by atoms with Gasteiger partial charge in [-0.3, -0.25) is 14.5 Å². The SMILES string of the molecule is CC(c1ncc[nH]1)N1C(=O)CC2(CCCC2)CC1=O. The number of imidazole rings is 1. The first-order valence-corrected chi connectivity index (χ1v) is 6.95. The van der Waals surface area contributed by atoms with Crippen molar-refractivity contribution in [1.29, 1.82) is 0 Å². The molecule has 1 N–H and O–H groups in total. The van der Waals surface area contributed by atoms with E-state index in [9.17, 15) is 9.59 Å². The van der Waals surface area contributed by atoms with Crippen LogP contribution in [0.4, 0.5) is 0 Å². The molecule has 1 aliphatic heterocycles. The molecule has 0 bridgehead atoms. The van der Waals surface area contributed by atoms with E-state index in [4.69, 9.17) is 0 Å². The molecule has 2 aliphatic rings. The molecule has 102 valence electrons. The fourth-order valence-electron chi connectivity index (χ4n) is 3.55. The maximum atomic E-state index is 12.4. The molecule has 1 spiro atoms. The predicted octanol–water partition coefficient (Wildman–Crippen LogP) is 2.18. The number of carbonyl (C=O) groups excluding carboxylic acids is 2. The van der Waals surface area contributed by atoms with Crippen molar-refractivity contribution in [2.45, 2.75) is 51.5 Å². The summed E-state index contributed by atoms with van der Waals surface area (Å²) in [6, 6.07) is -0.297. The number of carbonyl (C=O) groups is 2. The number of H-pyrrole nitrogens is 1. The smallest absolute Gasteiger partial charge is 0.230 e. The molecule has 2 heterocycles. The highest BCUT2D eigenvalue weighted by atomic mass is 16.2. The second kappa shape index (κ2) is 4.47. The number of amides is 2. The highest BCUT2D eigenvalue weighted by molar-refractivity contribution is 5.99. The van der Waals surface area contributed by atoms with Gasteiger partial charge in [-0.1, -0.05) is 12.8 Å². The number of nitrogens with one attached hydrogen (secondary N) is 1. The molecular formula is C14H19N3O2. The maximum Gasteiger partial charge on any atom is 0.230 e. The Labute approximate surface area is 112 Å². The summed E-state index contributed by atoms with van der Waals surface area (Å²) in [7, 11) is 0. The molecule has 5 heteroatoms. The van der Waals surface area contributed by atoms with Crippen molar-refractivity contribution >= 4 is 11.8 Å². The van der Waals surface area contributed by atoms with Gasteiger partial charge in [0.25, 0.3) is 0 Å². The van der Waals surface area contributed by atoms with Crippen molar-refractivity contribution in [2.75, 3.05) is 0 Å². The zero-order chi connectivity index (χ0) is 13.5. The highest BCUT2D eigenvalue weighted by Gasteiger charge is 2.46. The highest BCUT2D eigenvalue weighted by Crippen LogP contribution is 2.47. The minimum absolute atomic E-state index is 0.0342. The molecule has 1 aromatic heterocycles. The summed E-state index contributed by atoms with van der Waals surface area (Å²) in [6.07, 6.45) is 8.73. The number of hydrogen-bond donors (Lipinski definition) is 1. The lowest BCUT2D eigenvalue weighted by Crippen LogP contribution is -2.48. The van der Waals surface area contributed by atoms with Crippen molar-refractivity contribution in [1.82, 2.24) is 14.9 Å². The number of aromatic nitrogens is 2. The molecule has 5 nitrogen and oxygen atoms in total. The van der Waals surface area contributed by atoms with E-state index in [1.54, 1.807) is 12.4 Å². The van der Waals surface area contributed by atoms with Crippen LogP contribution in [0.5, 0.6) is 0 Å². The second-order valence-electron chi connectivity index (χ2n) is 5.87. The first-order valence-electron chi connectivity index (χ1n) is 6.95. The van der Waals surface area contributed by atoms with Gasteiger partial charge in [0, 0.05) is 25.2 Å². The molecule has 1 unspecified atom stereocenters. The molecule has 0 radical (unpaired) electrons. The fourth-order valence-corrected chi connectivity index (χ4v) is 3.55. The van der Waals surface area contributed by atoms with Gasteiger partial charge >= 0.3 is 0 Å². The van der Waals surface area contributed by atoms with Crippen molar-refractivity contribution in [3.63, 3.8) is 0 Å². The van der Waals surface area contributed by atoms with Gasteiger partial charge in [-0.15, -0.1) is 0 Å².